The first-order valence-electron chi connectivity index (χ1n) is 6.22. The van der Waals surface area contributed by atoms with E-state index < -0.39 is 0 Å². The van der Waals surface area contributed by atoms with E-state index in [0.717, 1.165) is 23.4 Å². The lowest BCUT2D eigenvalue weighted by Crippen LogP contribution is -2.38. The molecule has 0 fully saturated rings. The molecule has 0 saturated heterocycles. The lowest BCUT2D eigenvalue weighted by atomic mass is 9.87. The minimum Gasteiger partial charge on any atom is -0.488 e. The molecule has 1 aromatic carbocycles. The predicted octanol–water partition coefficient (Wildman–Crippen LogP) is 3.07. The van der Waals surface area contributed by atoms with Gasteiger partial charge < -0.3 is 9.22 Å². The van der Waals surface area contributed by atoms with Crippen LogP contribution in [0.3, 0.4) is 0 Å². The van der Waals surface area contributed by atoms with E-state index in [-0.39, 0.29) is 5.41 Å². The van der Waals surface area contributed by atoms with Crippen molar-refractivity contribution in [3.8, 4) is 5.75 Å². The molecule has 2 heteroatoms. The summed E-state index contributed by atoms with van der Waals surface area (Å²) in [5.41, 5.74) is 1.55. The molecule has 0 aliphatic carbocycles. The van der Waals surface area contributed by atoms with E-state index in [1.807, 2.05) is 0 Å². The second kappa shape index (κ2) is 5.09. The summed E-state index contributed by atoms with van der Waals surface area (Å²) in [6, 6.07) is 8.44. The fourth-order valence-electron chi connectivity index (χ4n) is 1.49. The second-order valence-corrected chi connectivity index (χ2v) is 6.64. The van der Waals surface area contributed by atoms with Gasteiger partial charge >= 0.3 is 0 Å². The average molecular weight is 236 g/mol. The van der Waals surface area contributed by atoms with Crippen LogP contribution in [0.2, 0.25) is 0 Å². The maximum Gasteiger partial charge on any atom is 0.137 e. The highest BCUT2D eigenvalue weighted by Crippen LogP contribution is 2.24. The van der Waals surface area contributed by atoms with Crippen LogP contribution in [-0.4, -0.2) is 38.8 Å². The van der Waals surface area contributed by atoms with Crippen molar-refractivity contribution in [1.29, 1.82) is 0 Å². The van der Waals surface area contributed by atoms with Crippen molar-refractivity contribution in [3.05, 3.63) is 29.8 Å². The van der Waals surface area contributed by atoms with Crippen LogP contribution in [0.15, 0.2) is 24.3 Å². The number of hydrogen-bond acceptors (Lipinski definition) is 1. The maximum absolute atomic E-state index is 5.73. The summed E-state index contributed by atoms with van der Waals surface area (Å²) < 4.78 is 6.66. The molecule has 2 nitrogen and oxygen atoms in total. The zero-order chi connectivity index (χ0) is 13.1. The third-order valence-corrected chi connectivity index (χ3v) is 2.75. The van der Waals surface area contributed by atoms with Crippen molar-refractivity contribution in [2.24, 2.45) is 0 Å². The topological polar surface area (TPSA) is 9.23 Å². The lowest BCUT2D eigenvalue weighted by molar-refractivity contribution is -0.870. The van der Waals surface area contributed by atoms with E-state index >= 15 is 0 Å². The van der Waals surface area contributed by atoms with Gasteiger partial charge in [0.15, 0.2) is 0 Å². The quantitative estimate of drug-likeness (QED) is 0.730. The van der Waals surface area contributed by atoms with Crippen LogP contribution < -0.4 is 4.74 Å². The van der Waals surface area contributed by atoms with Gasteiger partial charge in [0.2, 0.25) is 0 Å². The number of quaternary nitrogens is 1. The highest BCUT2D eigenvalue weighted by Gasteiger charge is 2.13. The first-order valence-corrected chi connectivity index (χ1v) is 6.22. The van der Waals surface area contributed by atoms with Gasteiger partial charge in [-0.2, -0.15) is 0 Å². The number of likely N-dealkylation sites (N-methyl/N-ethyl adjacent to an activating group) is 1. The van der Waals surface area contributed by atoms with Gasteiger partial charge in [0.05, 0.1) is 21.1 Å². The zero-order valence-corrected chi connectivity index (χ0v) is 12.1. The maximum atomic E-state index is 5.73. The highest BCUT2D eigenvalue weighted by atomic mass is 16.5. The number of hydrogen-bond donors (Lipinski definition) is 0. The van der Waals surface area contributed by atoms with Crippen LogP contribution in [0, 0.1) is 0 Å². The van der Waals surface area contributed by atoms with E-state index in [1.54, 1.807) is 0 Å². The third kappa shape index (κ3) is 5.22. The van der Waals surface area contributed by atoms with Gasteiger partial charge in [0, 0.05) is 0 Å². The molecule has 0 aliphatic heterocycles. The van der Waals surface area contributed by atoms with Crippen LogP contribution in [0.25, 0.3) is 0 Å². The van der Waals surface area contributed by atoms with Gasteiger partial charge in [0.25, 0.3) is 0 Å². The summed E-state index contributed by atoms with van der Waals surface area (Å²) in [4.78, 5) is 0. The Hall–Kier alpha value is -1.02. The number of rotatable bonds is 4. The van der Waals surface area contributed by atoms with Gasteiger partial charge in [0.1, 0.15) is 18.9 Å². The van der Waals surface area contributed by atoms with Crippen LogP contribution >= 0.6 is 0 Å². The minimum absolute atomic E-state index is 0.209. The average Bonchev–Trinajstić information content (AvgIpc) is 2.15. The fraction of sp³-hybridized carbons (Fsp3) is 0.600. The summed E-state index contributed by atoms with van der Waals surface area (Å²) in [6.45, 7) is 8.44. The molecular weight excluding hydrogens is 210 g/mol. The molecule has 0 bridgehead atoms. The smallest absolute Gasteiger partial charge is 0.137 e. The molecule has 17 heavy (non-hydrogen) atoms. The fourth-order valence-corrected chi connectivity index (χ4v) is 1.49. The van der Waals surface area contributed by atoms with Crippen molar-refractivity contribution in [2.45, 2.75) is 26.2 Å². The van der Waals surface area contributed by atoms with E-state index in [2.05, 4.69) is 66.2 Å². The second-order valence-electron chi connectivity index (χ2n) is 6.64. The van der Waals surface area contributed by atoms with Crippen molar-refractivity contribution in [2.75, 3.05) is 34.3 Å². The van der Waals surface area contributed by atoms with Gasteiger partial charge in [-0.1, -0.05) is 32.9 Å². The number of benzene rings is 1. The van der Waals surface area contributed by atoms with Crippen LogP contribution in [0.4, 0.5) is 0 Å². The Kier molecular flexibility index (Phi) is 4.21. The Morgan fingerprint density at radius 1 is 1.00 bits per heavy atom. The van der Waals surface area contributed by atoms with Crippen molar-refractivity contribution >= 4 is 0 Å². The summed E-state index contributed by atoms with van der Waals surface area (Å²) >= 11 is 0. The monoisotopic (exact) mass is 236 g/mol. The Labute approximate surface area is 106 Å². The molecule has 0 radical (unpaired) electrons. The molecule has 1 aromatic rings. The van der Waals surface area contributed by atoms with Gasteiger partial charge in [-0.3, -0.25) is 0 Å². The Balaban J connectivity index is 2.52. The largest absolute Gasteiger partial charge is 0.488 e. The van der Waals surface area contributed by atoms with E-state index in [1.165, 1.54) is 5.56 Å². The molecule has 1 rings (SSSR count). The van der Waals surface area contributed by atoms with Crippen LogP contribution in [0.5, 0.6) is 5.75 Å². The molecule has 0 aliphatic rings. The van der Waals surface area contributed by atoms with Gasteiger partial charge in [-0.25, -0.2) is 0 Å². The third-order valence-electron chi connectivity index (χ3n) is 2.75. The molecule has 0 amide bonds. The molecule has 0 spiro atoms. The van der Waals surface area contributed by atoms with Crippen molar-refractivity contribution in [3.63, 3.8) is 0 Å². The molecule has 0 unspecified atom stereocenters. The Morgan fingerprint density at radius 2 is 1.53 bits per heavy atom. The summed E-state index contributed by atoms with van der Waals surface area (Å²) in [7, 11) is 6.52. The number of ether oxygens (including phenoxy) is 1. The normalized spacial score (nSPS) is 12.6. The molecule has 0 atom stereocenters. The zero-order valence-electron chi connectivity index (χ0n) is 12.1. The molecule has 0 heterocycles. The van der Waals surface area contributed by atoms with Gasteiger partial charge in [-0.05, 0) is 23.1 Å². The van der Waals surface area contributed by atoms with Gasteiger partial charge in [-0.15, -0.1) is 0 Å². The van der Waals surface area contributed by atoms with Crippen molar-refractivity contribution < 1.29 is 9.22 Å². The molecule has 0 saturated carbocycles. The van der Waals surface area contributed by atoms with E-state index in [0.29, 0.717) is 0 Å². The van der Waals surface area contributed by atoms with Crippen LogP contribution in [0.1, 0.15) is 26.3 Å². The van der Waals surface area contributed by atoms with Crippen molar-refractivity contribution in [1.82, 2.24) is 0 Å². The highest BCUT2D eigenvalue weighted by molar-refractivity contribution is 5.31. The van der Waals surface area contributed by atoms with Crippen LogP contribution in [-0.2, 0) is 5.41 Å². The standard InChI is InChI=1S/C15H26NO/c1-15(2,3)13-7-9-14(10-8-13)17-12-11-16(4,5)6/h7-10H,11-12H2,1-6H3/q+1. The SMILES string of the molecule is CC(C)(C)c1ccc(OCC[N+](C)(C)C)cc1. The summed E-state index contributed by atoms with van der Waals surface area (Å²) in [6.07, 6.45) is 0. The Morgan fingerprint density at radius 3 is 1.94 bits per heavy atom. The molecule has 0 aromatic heterocycles. The lowest BCUT2D eigenvalue weighted by Gasteiger charge is -2.24. The summed E-state index contributed by atoms with van der Waals surface area (Å²) in [5.74, 6) is 0.964. The summed E-state index contributed by atoms with van der Waals surface area (Å²) in [5, 5.41) is 0. The first-order chi connectivity index (χ1) is 7.68. The molecular formula is C15H26NO+. The minimum atomic E-state index is 0.209. The first kappa shape index (κ1) is 14.0. The molecule has 0 N–H and O–H groups in total. The number of nitrogens with zero attached hydrogens (tertiary/aromatic N) is 1. The predicted molar refractivity (Wildman–Crippen MR) is 73.5 cm³/mol. The Bertz CT molecular complexity index is 341. The van der Waals surface area contributed by atoms with E-state index in [9.17, 15) is 0 Å². The molecule has 96 valence electrons. The van der Waals surface area contributed by atoms with E-state index in [4.69, 9.17) is 4.74 Å².